The smallest absolute Gasteiger partial charge is 0.117 e. The van der Waals surface area contributed by atoms with E-state index in [1.165, 1.54) is 0 Å². The van der Waals surface area contributed by atoms with Gasteiger partial charge < -0.3 is 5.32 Å². The Morgan fingerprint density at radius 1 is 1.50 bits per heavy atom. The van der Waals surface area contributed by atoms with Crippen LogP contribution in [0.4, 0.5) is 0 Å². The summed E-state index contributed by atoms with van der Waals surface area (Å²) in [6, 6.07) is 0. The van der Waals surface area contributed by atoms with Gasteiger partial charge in [-0.3, -0.25) is 0 Å². The largest absolute Gasteiger partial charge is 0.322 e. The van der Waals surface area contributed by atoms with E-state index in [0.29, 0.717) is 0 Å². The van der Waals surface area contributed by atoms with Crippen LogP contribution in [0.15, 0.2) is 24.6 Å². The molecule has 0 aliphatic carbocycles. The first-order chi connectivity index (χ1) is 3.85. The summed E-state index contributed by atoms with van der Waals surface area (Å²) in [6.45, 7) is 7.37. The van der Waals surface area contributed by atoms with E-state index in [-0.39, 0.29) is 0 Å². The zero-order chi connectivity index (χ0) is 6.41. The minimum absolute atomic E-state index is 0.458. The van der Waals surface area contributed by atoms with E-state index in [4.69, 9.17) is 0 Å². The van der Waals surface area contributed by atoms with Crippen LogP contribution in [0.5, 0.6) is 0 Å². The van der Waals surface area contributed by atoms with Crippen LogP contribution >= 0.6 is 0 Å². The van der Waals surface area contributed by atoms with Gasteiger partial charge in [0.15, 0.2) is 0 Å². The van der Waals surface area contributed by atoms with Gasteiger partial charge in [-0.25, -0.2) is 0 Å². The van der Waals surface area contributed by atoms with Gasteiger partial charge in [0, 0.05) is 0 Å². The van der Waals surface area contributed by atoms with Crippen molar-refractivity contribution < 1.29 is 0 Å². The topological polar surface area (TPSA) is 12.0 Å². The number of nitrogens with one attached hydrogen (secondary N) is 1. The van der Waals surface area contributed by atoms with Crippen LogP contribution in [0, 0.1) is 0 Å². The lowest BCUT2D eigenvalue weighted by atomic mass is 11.2. The first-order valence-corrected chi connectivity index (χ1v) is 4.46. The quantitative estimate of drug-likeness (QED) is 0.546. The van der Waals surface area contributed by atoms with Crippen molar-refractivity contribution in [3.05, 3.63) is 24.6 Å². The summed E-state index contributed by atoms with van der Waals surface area (Å²) >= 11 is 0. The van der Waals surface area contributed by atoms with Gasteiger partial charge in [-0.05, 0) is 13.2 Å². The third-order valence-electron chi connectivity index (χ3n) is 0.905. The molecule has 0 fully saturated rings. The Balaban J connectivity index is 3.35. The highest BCUT2D eigenvalue weighted by Crippen LogP contribution is 1.79. The Hall–Kier alpha value is -0.343. The summed E-state index contributed by atoms with van der Waals surface area (Å²) in [6.07, 6.45) is 1.04. The highest BCUT2D eigenvalue weighted by molar-refractivity contribution is 6.69. The minimum atomic E-state index is -0.458. The average Bonchev–Trinajstić information content (AvgIpc) is 1.83. The molecule has 1 N–H and O–H groups in total. The molecule has 0 unspecified atom stereocenters. The van der Waals surface area contributed by atoms with Crippen molar-refractivity contribution in [3.63, 3.8) is 0 Å². The molecule has 0 spiro atoms. The second kappa shape index (κ2) is 4.81. The average molecular weight is 126 g/mol. The predicted octanol–water partition coefficient (Wildman–Crippen LogP) is 0.690. The van der Waals surface area contributed by atoms with Crippen molar-refractivity contribution in [1.82, 2.24) is 5.32 Å². The maximum Gasteiger partial charge on any atom is 0.117 e. The normalized spacial score (nSPS) is 9.25. The van der Waals surface area contributed by atoms with E-state index in [0.717, 1.165) is 6.17 Å². The second-order valence-corrected chi connectivity index (χ2v) is 3.83. The third kappa shape index (κ3) is 2.77. The van der Waals surface area contributed by atoms with Crippen molar-refractivity contribution in [2.75, 3.05) is 13.2 Å². The van der Waals surface area contributed by atoms with Crippen molar-refractivity contribution in [2.45, 2.75) is 0 Å². The molecule has 8 heavy (non-hydrogen) atoms. The zero-order valence-electron chi connectivity index (χ0n) is 5.28. The van der Waals surface area contributed by atoms with Crippen LogP contribution in [0.1, 0.15) is 0 Å². The lowest BCUT2D eigenvalue weighted by molar-refractivity contribution is 0.964. The van der Waals surface area contributed by atoms with Crippen LogP contribution in [-0.4, -0.2) is 22.0 Å². The van der Waals surface area contributed by atoms with Gasteiger partial charge in [0.2, 0.25) is 0 Å². The lowest BCUT2D eigenvalue weighted by Gasteiger charge is -1.99. The molecule has 2 heteroatoms. The van der Waals surface area contributed by atoms with Gasteiger partial charge in [0.05, 0.1) is 0 Å². The number of hydrogen-bond donors (Lipinski definition) is 1. The molecule has 0 aliphatic heterocycles. The molecule has 0 amide bonds. The van der Waals surface area contributed by atoms with E-state index in [9.17, 15) is 0 Å². The lowest BCUT2D eigenvalue weighted by Crippen LogP contribution is -2.23. The second-order valence-electron chi connectivity index (χ2n) is 1.51. The van der Waals surface area contributed by atoms with Gasteiger partial charge in [-0.2, -0.15) is 0 Å². The zero-order valence-corrected chi connectivity index (χ0v) is 6.28. The van der Waals surface area contributed by atoms with Crippen LogP contribution in [0.25, 0.3) is 0 Å². The standard InChI is InChI=1S/C6H12NSi/c1-4-8(5-2)6-7-3/h4-5,7H,1-2,6H2,3H3. The molecule has 0 rings (SSSR count). The number of rotatable bonds is 4. The van der Waals surface area contributed by atoms with E-state index < -0.39 is 8.80 Å². The van der Waals surface area contributed by atoms with Crippen LogP contribution in [0.3, 0.4) is 0 Å². The molecule has 1 radical (unpaired) electrons. The monoisotopic (exact) mass is 126 g/mol. The molecule has 0 saturated carbocycles. The minimum Gasteiger partial charge on any atom is -0.322 e. The van der Waals surface area contributed by atoms with Gasteiger partial charge in [-0.15, -0.1) is 13.2 Å². The Morgan fingerprint density at radius 2 is 2.00 bits per heavy atom. The first-order valence-electron chi connectivity index (χ1n) is 2.60. The third-order valence-corrected chi connectivity index (χ3v) is 2.72. The maximum atomic E-state index is 3.68. The van der Waals surface area contributed by atoms with Crippen molar-refractivity contribution in [2.24, 2.45) is 0 Å². The fourth-order valence-corrected chi connectivity index (χ4v) is 1.30. The summed E-state index contributed by atoms with van der Waals surface area (Å²) in [5, 5.41) is 3.07. The fraction of sp³-hybridized carbons (Fsp3) is 0.333. The molecule has 0 aromatic heterocycles. The number of hydrogen-bond acceptors (Lipinski definition) is 1. The van der Waals surface area contributed by atoms with Gasteiger partial charge in [0.1, 0.15) is 8.80 Å². The highest BCUT2D eigenvalue weighted by Gasteiger charge is 1.95. The molecule has 0 aromatic carbocycles. The molecule has 0 atom stereocenters. The van der Waals surface area contributed by atoms with Crippen molar-refractivity contribution in [3.8, 4) is 0 Å². The molecule has 0 bridgehead atoms. The van der Waals surface area contributed by atoms with E-state index in [1.54, 1.807) is 0 Å². The molecule has 1 nitrogen and oxygen atoms in total. The summed E-state index contributed by atoms with van der Waals surface area (Å²) in [7, 11) is 1.48. The van der Waals surface area contributed by atoms with Gasteiger partial charge in [0.25, 0.3) is 0 Å². The molecule has 0 heterocycles. The van der Waals surface area contributed by atoms with Crippen LogP contribution in [0.2, 0.25) is 0 Å². The molecular weight excluding hydrogens is 114 g/mol. The summed E-state index contributed by atoms with van der Waals surface area (Å²) in [5.41, 5.74) is 3.96. The summed E-state index contributed by atoms with van der Waals surface area (Å²) < 4.78 is 0. The first kappa shape index (κ1) is 7.66. The van der Waals surface area contributed by atoms with E-state index in [1.807, 2.05) is 18.4 Å². The van der Waals surface area contributed by atoms with E-state index >= 15 is 0 Å². The van der Waals surface area contributed by atoms with Gasteiger partial charge in [-0.1, -0.05) is 11.4 Å². The highest BCUT2D eigenvalue weighted by atomic mass is 28.3. The molecule has 0 aromatic rings. The Morgan fingerprint density at radius 3 is 2.12 bits per heavy atom. The molecule has 45 valence electrons. The Bertz CT molecular complexity index is 72.6. The molecular formula is C6H12NSi. The van der Waals surface area contributed by atoms with E-state index in [2.05, 4.69) is 18.5 Å². The molecule has 0 saturated heterocycles. The van der Waals surface area contributed by atoms with Crippen LogP contribution in [-0.2, 0) is 0 Å². The maximum absolute atomic E-state index is 3.68. The predicted molar refractivity (Wildman–Crippen MR) is 40.1 cm³/mol. The van der Waals surface area contributed by atoms with Crippen molar-refractivity contribution in [1.29, 1.82) is 0 Å². The summed E-state index contributed by atoms with van der Waals surface area (Å²) in [5.74, 6) is 0. The van der Waals surface area contributed by atoms with Gasteiger partial charge >= 0.3 is 0 Å². The molecule has 0 aliphatic rings. The van der Waals surface area contributed by atoms with Crippen molar-refractivity contribution >= 4 is 8.80 Å². The Labute approximate surface area is 52.7 Å². The van der Waals surface area contributed by atoms with Crippen LogP contribution < -0.4 is 5.32 Å². The Kier molecular flexibility index (Phi) is 4.60. The summed E-state index contributed by atoms with van der Waals surface area (Å²) in [4.78, 5) is 0. The SMILES string of the molecule is C=C[Si](C=C)CNC. The fourth-order valence-electron chi connectivity index (χ4n) is 0.432.